The molecule has 0 saturated carbocycles. The van der Waals surface area contributed by atoms with Crippen LogP contribution in [0.5, 0.6) is 5.75 Å². The summed E-state index contributed by atoms with van der Waals surface area (Å²) >= 11 is 0. The monoisotopic (exact) mass is 324 g/mol. The van der Waals surface area contributed by atoms with E-state index in [0.29, 0.717) is 12.3 Å². The average molecular weight is 324 g/mol. The van der Waals surface area contributed by atoms with E-state index < -0.39 is 11.0 Å². The van der Waals surface area contributed by atoms with Crippen molar-refractivity contribution in [1.29, 1.82) is 0 Å². The first-order valence-corrected chi connectivity index (χ1v) is 7.79. The molecule has 6 nitrogen and oxygen atoms in total. The van der Waals surface area contributed by atoms with Crippen LogP contribution in [0.15, 0.2) is 24.3 Å². The zero-order chi connectivity index (χ0) is 17.7. The van der Waals surface area contributed by atoms with Crippen molar-refractivity contribution in [2.45, 2.75) is 52.7 Å². The molecule has 0 bridgehead atoms. The summed E-state index contributed by atoms with van der Waals surface area (Å²) in [6, 6.07) is 5.82. The van der Waals surface area contributed by atoms with E-state index in [1.807, 2.05) is 0 Å². The number of rotatable bonds is 8. The van der Waals surface area contributed by atoms with Crippen LogP contribution < -0.4 is 10.1 Å². The van der Waals surface area contributed by atoms with Gasteiger partial charge in [-0.1, -0.05) is 20.8 Å². The van der Waals surface area contributed by atoms with E-state index in [0.717, 1.165) is 6.42 Å². The number of aliphatic hydroxyl groups is 1. The van der Waals surface area contributed by atoms with E-state index in [9.17, 15) is 15.2 Å². The quantitative estimate of drug-likeness (QED) is 0.567. The van der Waals surface area contributed by atoms with Gasteiger partial charge in [0.25, 0.3) is 5.69 Å². The fourth-order valence-electron chi connectivity index (χ4n) is 2.70. The average Bonchev–Trinajstić information content (AvgIpc) is 2.41. The Morgan fingerprint density at radius 3 is 2.26 bits per heavy atom. The lowest BCUT2D eigenvalue weighted by Gasteiger charge is -2.34. The number of benzene rings is 1. The molecule has 23 heavy (non-hydrogen) atoms. The highest BCUT2D eigenvalue weighted by molar-refractivity contribution is 5.35. The van der Waals surface area contributed by atoms with Crippen molar-refractivity contribution in [2.75, 3.05) is 13.2 Å². The van der Waals surface area contributed by atoms with Crippen molar-refractivity contribution < 1.29 is 14.8 Å². The Kier molecular flexibility index (Phi) is 6.53. The molecular weight excluding hydrogens is 296 g/mol. The van der Waals surface area contributed by atoms with Gasteiger partial charge in [-0.25, -0.2) is 0 Å². The molecule has 0 aromatic heterocycles. The van der Waals surface area contributed by atoms with Crippen LogP contribution in [0.25, 0.3) is 0 Å². The van der Waals surface area contributed by atoms with Crippen molar-refractivity contribution in [3.05, 3.63) is 34.4 Å². The topological polar surface area (TPSA) is 84.6 Å². The van der Waals surface area contributed by atoms with E-state index in [-0.39, 0.29) is 23.2 Å². The zero-order valence-electron chi connectivity index (χ0n) is 14.6. The van der Waals surface area contributed by atoms with Gasteiger partial charge in [0.2, 0.25) is 0 Å². The Hall–Kier alpha value is -1.66. The van der Waals surface area contributed by atoms with E-state index in [1.165, 1.54) is 24.3 Å². The minimum Gasteiger partial charge on any atom is -0.491 e. The Morgan fingerprint density at radius 2 is 1.78 bits per heavy atom. The number of aliphatic hydroxyl groups excluding tert-OH is 1. The fourth-order valence-corrected chi connectivity index (χ4v) is 2.70. The second-order valence-electron chi connectivity index (χ2n) is 7.72. The molecule has 0 fully saturated rings. The number of non-ortho nitro benzene ring substituents is 1. The molecule has 130 valence electrons. The molecule has 2 N–H and O–H groups in total. The SMILES string of the molecule is CC(C)(C)CC(C)(C)NCC(O)COc1ccc([N+](=O)[O-])cc1. The first-order chi connectivity index (χ1) is 10.5. The highest BCUT2D eigenvalue weighted by atomic mass is 16.6. The summed E-state index contributed by atoms with van der Waals surface area (Å²) in [4.78, 5) is 10.1. The van der Waals surface area contributed by atoms with E-state index in [4.69, 9.17) is 4.74 Å². The summed E-state index contributed by atoms with van der Waals surface area (Å²) in [5.74, 6) is 0.503. The zero-order valence-corrected chi connectivity index (χ0v) is 14.6. The Bertz CT molecular complexity index is 506. The molecule has 0 saturated heterocycles. The van der Waals surface area contributed by atoms with E-state index in [1.54, 1.807) is 0 Å². The van der Waals surface area contributed by atoms with Gasteiger partial charge in [-0.3, -0.25) is 10.1 Å². The van der Waals surface area contributed by atoms with Crippen LogP contribution in [-0.2, 0) is 0 Å². The molecule has 1 rings (SSSR count). The number of ether oxygens (including phenoxy) is 1. The van der Waals surface area contributed by atoms with Crippen LogP contribution in [-0.4, -0.2) is 34.8 Å². The summed E-state index contributed by atoms with van der Waals surface area (Å²) in [5, 5.41) is 23.9. The molecule has 0 spiro atoms. The lowest BCUT2D eigenvalue weighted by atomic mass is 9.82. The number of nitrogens with zero attached hydrogens (tertiary/aromatic N) is 1. The normalized spacial score (nSPS) is 13.7. The number of nitro benzene ring substituents is 1. The van der Waals surface area contributed by atoms with Crippen LogP contribution >= 0.6 is 0 Å². The van der Waals surface area contributed by atoms with Gasteiger partial charge < -0.3 is 15.2 Å². The van der Waals surface area contributed by atoms with Gasteiger partial charge in [0.1, 0.15) is 18.5 Å². The van der Waals surface area contributed by atoms with Crippen molar-refractivity contribution in [1.82, 2.24) is 5.32 Å². The summed E-state index contributed by atoms with van der Waals surface area (Å²) in [5.41, 5.74) is 0.145. The largest absolute Gasteiger partial charge is 0.491 e. The van der Waals surface area contributed by atoms with Crippen molar-refractivity contribution in [2.24, 2.45) is 5.41 Å². The predicted octanol–water partition coefficient (Wildman–Crippen LogP) is 3.14. The lowest BCUT2D eigenvalue weighted by molar-refractivity contribution is -0.384. The lowest BCUT2D eigenvalue weighted by Crippen LogP contribution is -2.46. The molecule has 0 amide bonds. The standard InChI is InChI=1S/C17H28N2O4/c1-16(2,3)12-17(4,5)18-10-14(20)11-23-15-8-6-13(7-9-15)19(21)22/h6-9,14,18,20H,10-12H2,1-5H3. The van der Waals surface area contributed by atoms with Crippen molar-refractivity contribution >= 4 is 5.69 Å². The third-order valence-corrected chi connectivity index (χ3v) is 3.28. The number of nitro groups is 1. The predicted molar refractivity (Wildman–Crippen MR) is 90.8 cm³/mol. The first kappa shape index (κ1) is 19.4. The molecule has 0 heterocycles. The molecule has 1 atom stereocenters. The van der Waals surface area contributed by atoms with Crippen molar-refractivity contribution in [3.63, 3.8) is 0 Å². The minimum atomic E-state index is -0.649. The summed E-state index contributed by atoms with van der Waals surface area (Å²) < 4.78 is 5.46. The van der Waals surface area contributed by atoms with Crippen LogP contribution in [0.4, 0.5) is 5.69 Å². The fraction of sp³-hybridized carbons (Fsp3) is 0.647. The van der Waals surface area contributed by atoms with E-state index >= 15 is 0 Å². The van der Waals surface area contributed by atoms with Gasteiger partial charge in [0, 0.05) is 24.2 Å². The Balaban J connectivity index is 2.39. The Labute approximate surface area is 138 Å². The van der Waals surface area contributed by atoms with Gasteiger partial charge in [-0.2, -0.15) is 0 Å². The van der Waals surface area contributed by atoms with Crippen molar-refractivity contribution in [3.8, 4) is 5.75 Å². The van der Waals surface area contributed by atoms with Gasteiger partial charge >= 0.3 is 0 Å². The maximum absolute atomic E-state index is 10.6. The highest BCUT2D eigenvalue weighted by Gasteiger charge is 2.25. The highest BCUT2D eigenvalue weighted by Crippen LogP contribution is 2.26. The first-order valence-electron chi connectivity index (χ1n) is 7.79. The molecule has 0 aliphatic heterocycles. The van der Waals surface area contributed by atoms with Crippen LogP contribution in [0, 0.1) is 15.5 Å². The summed E-state index contributed by atoms with van der Waals surface area (Å²) in [6.45, 7) is 11.3. The smallest absolute Gasteiger partial charge is 0.269 e. The molecule has 1 aromatic carbocycles. The van der Waals surface area contributed by atoms with E-state index in [2.05, 4.69) is 39.9 Å². The van der Waals surface area contributed by atoms with Gasteiger partial charge in [-0.15, -0.1) is 0 Å². The molecule has 0 aliphatic rings. The third kappa shape index (κ3) is 7.95. The second-order valence-corrected chi connectivity index (χ2v) is 7.72. The molecular formula is C17H28N2O4. The van der Waals surface area contributed by atoms with Crippen LogP contribution in [0.3, 0.4) is 0 Å². The van der Waals surface area contributed by atoms with Crippen LogP contribution in [0.1, 0.15) is 41.0 Å². The molecule has 1 unspecified atom stereocenters. The number of hydrogen-bond acceptors (Lipinski definition) is 5. The number of hydrogen-bond donors (Lipinski definition) is 2. The minimum absolute atomic E-state index is 0.0171. The maximum atomic E-state index is 10.6. The van der Waals surface area contributed by atoms with Gasteiger partial charge in [0.15, 0.2) is 0 Å². The maximum Gasteiger partial charge on any atom is 0.269 e. The number of β-amino-alcohol motifs (C(OH)–C–C–N with tert-alkyl or cyclic N) is 1. The molecule has 1 aromatic rings. The molecule has 6 heteroatoms. The Morgan fingerprint density at radius 1 is 1.22 bits per heavy atom. The number of nitrogens with one attached hydrogen (secondary N) is 1. The van der Waals surface area contributed by atoms with Gasteiger partial charge in [0.05, 0.1) is 4.92 Å². The summed E-state index contributed by atoms with van der Waals surface area (Å²) in [6.07, 6.45) is 0.333. The molecule has 0 aliphatic carbocycles. The van der Waals surface area contributed by atoms with Gasteiger partial charge in [-0.05, 0) is 37.8 Å². The third-order valence-electron chi connectivity index (χ3n) is 3.28. The van der Waals surface area contributed by atoms with Crippen LogP contribution in [0.2, 0.25) is 0 Å². The summed E-state index contributed by atoms with van der Waals surface area (Å²) in [7, 11) is 0. The molecule has 0 radical (unpaired) electrons. The second kappa shape index (κ2) is 7.75.